The van der Waals surface area contributed by atoms with Gasteiger partial charge in [-0.1, -0.05) is 13.8 Å². The molecule has 1 nitrogen and oxygen atoms in total. The second-order valence-corrected chi connectivity index (χ2v) is 7.22. The first-order valence-electron chi connectivity index (χ1n) is 5.02. The zero-order valence-electron chi connectivity index (χ0n) is 8.69. The lowest BCUT2D eigenvalue weighted by Crippen LogP contribution is -2.21. The van der Waals surface area contributed by atoms with Gasteiger partial charge in [-0.3, -0.25) is 0 Å². The van der Waals surface area contributed by atoms with Crippen molar-refractivity contribution in [3.8, 4) is 0 Å². The summed E-state index contributed by atoms with van der Waals surface area (Å²) >= 11 is 5.49. The Morgan fingerprint density at radius 2 is 2.21 bits per heavy atom. The highest BCUT2D eigenvalue weighted by Crippen LogP contribution is 2.43. The number of fused-ring (bicyclic) bond motifs is 1. The summed E-state index contributed by atoms with van der Waals surface area (Å²) in [5.41, 5.74) is 9.12. The Labute approximate surface area is 97.8 Å². The Morgan fingerprint density at radius 1 is 1.50 bits per heavy atom. The molecule has 1 aromatic heterocycles. The number of rotatable bonds is 1. The number of thiophene rings is 1. The van der Waals surface area contributed by atoms with Gasteiger partial charge >= 0.3 is 0 Å². The van der Waals surface area contributed by atoms with Crippen LogP contribution in [0.15, 0.2) is 3.79 Å². The minimum Gasteiger partial charge on any atom is -0.326 e. The molecule has 1 aromatic rings. The van der Waals surface area contributed by atoms with Crippen molar-refractivity contribution >= 4 is 27.3 Å². The summed E-state index contributed by atoms with van der Waals surface area (Å²) in [5.74, 6) is 0. The molecule has 1 aliphatic rings. The molecule has 14 heavy (non-hydrogen) atoms. The summed E-state index contributed by atoms with van der Waals surface area (Å²) in [7, 11) is 0. The second kappa shape index (κ2) is 3.62. The summed E-state index contributed by atoms with van der Waals surface area (Å²) in [6.07, 6.45) is 3.71. The van der Waals surface area contributed by atoms with Gasteiger partial charge in [-0.2, -0.15) is 0 Å². The third-order valence-corrected chi connectivity index (χ3v) is 5.07. The molecule has 2 rings (SSSR count). The molecule has 0 fully saturated rings. The van der Waals surface area contributed by atoms with Crippen LogP contribution in [-0.2, 0) is 19.4 Å². The average molecular weight is 274 g/mol. The van der Waals surface area contributed by atoms with Gasteiger partial charge in [-0.05, 0) is 51.7 Å². The molecule has 0 spiro atoms. The van der Waals surface area contributed by atoms with E-state index in [0.29, 0.717) is 12.0 Å². The van der Waals surface area contributed by atoms with Gasteiger partial charge in [0.15, 0.2) is 0 Å². The molecule has 78 valence electrons. The van der Waals surface area contributed by atoms with Crippen molar-refractivity contribution in [2.75, 3.05) is 0 Å². The molecule has 0 unspecified atom stereocenters. The predicted octanol–water partition coefficient (Wildman–Crippen LogP) is 3.48. The predicted molar refractivity (Wildman–Crippen MR) is 65.7 cm³/mol. The van der Waals surface area contributed by atoms with Gasteiger partial charge in [-0.25, -0.2) is 0 Å². The Bertz CT molecular complexity index is 354. The van der Waals surface area contributed by atoms with Gasteiger partial charge in [0, 0.05) is 11.4 Å². The first kappa shape index (κ1) is 10.7. The fourth-order valence-corrected chi connectivity index (χ4v) is 4.49. The lowest BCUT2D eigenvalue weighted by molar-refractivity contribution is 0.318. The maximum absolute atomic E-state index is 5.76. The molecular formula is C11H16BrNS. The number of halogens is 1. The first-order chi connectivity index (χ1) is 6.53. The highest BCUT2D eigenvalue weighted by Gasteiger charge is 2.28. The highest BCUT2D eigenvalue weighted by atomic mass is 79.9. The molecule has 0 amide bonds. The highest BCUT2D eigenvalue weighted by molar-refractivity contribution is 9.11. The van der Waals surface area contributed by atoms with Crippen molar-refractivity contribution in [2.24, 2.45) is 11.1 Å². The van der Waals surface area contributed by atoms with Gasteiger partial charge in [0.05, 0.1) is 3.79 Å². The maximum atomic E-state index is 5.76. The lowest BCUT2D eigenvalue weighted by Gasteiger charge is -2.29. The van der Waals surface area contributed by atoms with E-state index < -0.39 is 0 Å². The van der Waals surface area contributed by atoms with Crippen LogP contribution in [0.3, 0.4) is 0 Å². The van der Waals surface area contributed by atoms with E-state index in [9.17, 15) is 0 Å². The van der Waals surface area contributed by atoms with Crippen LogP contribution < -0.4 is 5.73 Å². The van der Waals surface area contributed by atoms with E-state index in [1.54, 1.807) is 4.88 Å². The van der Waals surface area contributed by atoms with Crippen LogP contribution in [-0.4, -0.2) is 0 Å². The van der Waals surface area contributed by atoms with Crippen molar-refractivity contribution in [3.05, 3.63) is 19.8 Å². The standard InChI is InChI=1S/C11H16BrNS/c1-11(2)4-3-7-8(6-13)10(12)14-9(7)5-11/h3-6,13H2,1-2H3. The summed E-state index contributed by atoms with van der Waals surface area (Å²) in [6.45, 7) is 5.38. The van der Waals surface area contributed by atoms with Crippen LogP contribution in [0, 0.1) is 5.41 Å². The molecule has 0 atom stereocenters. The Kier molecular flexibility index (Phi) is 2.75. The zero-order valence-corrected chi connectivity index (χ0v) is 11.1. The van der Waals surface area contributed by atoms with Gasteiger partial charge in [0.2, 0.25) is 0 Å². The summed E-state index contributed by atoms with van der Waals surface area (Å²) in [6, 6.07) is 0. The molecule has 0 bridgehead atoms. The van der Waals surface area contributed by atoms with Gasteiger partial charge in [0.25, 0.3) is 0 Å². The molecule has 3 heteroatoms. The Morgan fingerprint density at radius 3 is 2.86 bits per heavy atom. The minimum atomic E-state index is 0.475. The van der Waals surface area contributed by atoms with Crippen LogP contribution in [0.2, 0.25) is 0 Å². The molecule has 0 aromatic carbocycles. The Hall–Kier alpha value is 0.140. The van der Waals surface area contributed by atoms with E-state index in [1.165, 1.54) is 34.2 Å². The Balaban J connectivity index is 2.41. The number of hydrogen-bond acceptors (Lipinski definition) is 2. The third kappa shape index (κ3) is 1.77. The van der Waals surface area contributed by atoms with E-state index in [-0.39, 0.29) is 0 Å². The number of hydrogen-bond donors (Lipinski definition) is 1. The van der Waals surface area contributed by atoms with Gasteiger partial charge < -0.3 is 5.73 Å². The van der Waals surface area contributed by atoms with Crippen LogP contribution in [0.1, 0.15) is 36.3 Å². The van der Waals surface area contributed by atoms with E-state index in [2.05, 4.69) is 29.8 Å². The molecule has 0 saturated heterocycles. The first-order valence-corrected chi connectivity index (χ1v) is 6.63. The smallest absolute Gasteiger partial charge is 0.0749 e. The summed E-state index contributed by atoms with van der Waals surface area (Å²) in [5, 5.41) is 0. The fourth-order valence-electron chi connectivity index (χ4n) is 2.14. The summed E-state index contributed by atoms with van der Waals surface area (Å²) < 4.78 is 1.25. The van der Waals surface area contributed by atoms with Gasteiger partial charge in [0.1, 0.15) is 0 Å². The SMILES string of the molecule is CC1(C)CCc2c(sc(Br)c2CN)C1. The summed E-state index contributed by atoms with van der Waals surface area (Å²) in [4.78, 5) is 1.55. The molecular weight excluding hydrogens is 258 g/mol. The van der Waals surface area contributed by atoms with E-state index in [0.717, 1.165) is 0 Å². The van der Waals surface area contributed by atoms with Gasteiger partial charge in [-0.15, -0.1) is 11.3 Å². The average Bonchev–Trinajstić information content (AvgIpc) is 2.37. The van der Waals surface area contributed by atoms with Crippen molar-refractivity contribution in [1.29, 1.82) is 0 Å². The van der Waals surface area contributed by atoms with Crippen molar-refractivity contribution in [1.82, 2.24) is 0 Å². The van der Waals surface area contributed by atoms with Crippen molar-refractivity contribution in [3.63, 3.8) is 0 Å². The fraction of sp³-hybridized carbons (Fsp3) is 0.636. The largest absolute Gasteiger partial charge is 0.326 e. The molecule has 0 saturated carbocycles. The second-order valence-electron chi connectivity index (χ2n) is 4.80. The van der Waals surface area contributed by atoms with Crippen molar-refractivity contribution in [2.45, 2.75) is 39.7 Å². The number of nitrogens with two attached hydrogens (primary N) is 1. The normalized spacial score (nSPS) is 19.4. The van der Waals surface area contributed by atoms with Crippen LogP contribution in [0.25, 0.3) is 0 Å². The van der Waals surface area contributed by atoms with Crippen LogP contribution >= 0.6 is 27.3 Å². The maximum Gasteiger partial charge on any atom is 0.0749 e. The van der Waals surface area contributed by atoms with Crippen LogP contribution in [0.4, 0.5) is 0 Å². The van der Waals surface area contributed by atoms with E-state index in [4.69, 9.17) is 5.73 Å². The molecule has 0 radical (unpaired) electrons. The zero-order chi connectivity index (χ0) is 10.3. The van der Waals surface area contributed by atoms with Crippen molar-refractivity contribution < 1.29 is 0 Å². The third-order valence-electron chi connectivity index (χ3n) is 3.05. The molecule has 2 N–H and O–H groups in total. The lowest BCUT2D eigenvalue weighted by atomic mass is 9.77. The monoisotopic (exact) mass is 273 g/mol. The molecule has 1 aliphatic carbocycles. The van der Waals surface area contributed by atoms with Crippen LogP contribution in [0.5, 0.6) is 0 Å². The minimum absolute atomic E-state index is 0.475. The molecule has 0 aliphatic heterocycles. The topological polar surface area (TPSA) is 26.0 Å². The van der Waals surface area contributed by atoms with E-state index >= 15 is 0 Å². The quantitative estimate of drug-likeness (QED) is 0.833. The molecule has 1 heterocycles. The van der Waals surface area contributed by atoms with E-state index in [1.807, 2.05) is 11.3 Å².